The SMILES string of the molecule is COc1ccc([C@@H]2[NH2+][C@](C)(C(=O)[O-])[C@H]3C(=O)N(Cc4ccccc4)C(=O)[C@H]23)c(O)c1. The molecule has 2 fully saturated rings. The van der Waals surface area contributed by atoms with E-state index in [4.69, 9.17) is 4.74 Å². The third-order valence-electron chi connectivity index (χ3n) is 6.22. The lowest BCUT2D eigenvalue weighted by molar-refractivity contribution is -0.735. The molecule has 4 rings (SSSR count). The smallest absolute Gasteiger partial charge is 0.240 e. The Hall–Kier alpha value is -3.39. The Balaban J connectivity index is 1.76. The number of carboxylic acids is 1. The number of hydrogen-bond donors (Lipinski definition) is 2. The first-order valence-electron chi connectivity index (χ1n) is 9.61. The fourth-order valence-electron chi connectivity index (χ4n) is 4.66. The van der Waals surface area contributed by atoms with Gasteiger partial charge in [0, 0.05) is 6.07 Å². The average Bonchev–Trinajstić information content (AvgIpc) is 3.18. The number of carboxylic acid groups (broad SMARTS) is 1. The van der Waals surface area contributed by atoms with E-state index >= 15 is 0 Å². The number of nitrogens with zero attached hydrogens (tertiary/aromatic N) is 1. The van der Waals surface area contributed by atoms with Gasteiger partial charge in [-0.3, -0.25) is 14.5 Å². The first kappa shape index (κ1) is 19.9. The van der Waals surface area contributed by atoms with Crippen molar-refractivity contribution in [1.82, 2.24) is 4.90 Å². The molecule has 156 valence electrons. The quantitative estimate of drug-likeness (QED) is 0.630. The Bertz CT molecular complexity index is 1020. The van der Waals surface area contributed by atoms with Crippen molar-refractivity contribution in [3.8, 4) is 11.5 Å². The minimum absolute atomic E-state index is 0.0654. The lowest BCUT2D eigenvalue weighted by Crippen LogP contribution is -2.98. The van der Waals surface area contributed by atoms with Gasteiger partial charge in [0.2, 0.25) is 11.8 Å². The van der Waals surface area contributed by atoms with Crippen molar-refractivity contribution in [3.63, 3.8) is 0 Å². The van der Waals surface area contributed by atoms with E-state index in [0.29, 0.717) is 11.3 Å². The summed E-state index contributed by atoms with van der Waals surface area (Å²) < 4.78 is 5.10. The Morgan fingerprint density at radius 2 is 1.90 bits per heavy atom. The van der Waals surface area contributed by atoms with E-state index in [1.54, 1.807) is 36.4 Å². The maximum Gasteiger partial charge on any atom is 0.240 e. The molecule has 2 saturated heterocycles. The van der Waals surface area contributed by atoms with Crippen molar-refractivity contribution in [2.24, 2.45) is 11.8 Å². The van der Waals surface area contributed by atoms with Crippen LogP contribution in [0.1, 0.15) is 24.1 Å². The maximum absolute atomic E-state index is 13.3. The highest BCUT2D eigenvalue weighted by Gasteiger charge is 2.68. The minimum Gasteiger partial charge on any atom is -0.544 e. The second-order valence-corrected chi connectivity index (χ2v) is 7.94. The number of carbonyl (C=O) groups excluding carboxylic acids is 3. The summed E-state index contributed by atoms with van der Waals surface area (Å²) >= 11 is 0. The van der Waals surface area contributed by atoms with E-state index in [0.717, 1.165) is 10.5 Å². The number of nitrogens with two attached hydrogens (primary N) is 1. The lowest BCUT2D eigenvalue weighted by Gasteiger charge is -2.29. The molecule has 2 aliphatic heterocycles. The van der Waals surface area contributed by atoms with Gasteiger partial charge in [0.15, 0.2) is 0 Å². The van der Waals surface area contributed by atoms with E-state index in [1.807, 2.05) is 6.07 Å². The minimum atomic E-state index is -1.64. The summed E-state index contributed by atoms with van der Waals surface area (Å²) in [6, 6.07) is 12.9. The molecule has 2 aromatic rings. The van der Waals surface area contributed by atoms with Gasteiger partial charge < -0.3 is 25.1 Å². The number of hydrogen-bond acceptors (Lipinski definition) is 6. The molecule has 8 heteroatoms. The molecule has 4 atom stereocenters. The molecule has 0 aliphatic carbocycles. The molecule has 8 nitrogen and oxygen atoms in total. The second-order valence-electron chi connectivity index (χ2n) is 7.94. The van der Waals surface area contributed by atoms with E-state index in [9.17, 15) is 24.6 Å². The number of carbonyl (C=O) groups is 3. The van der Waals surface area contributed by atoms with Crippen molar-refractivity contribution >= 4 is 17.8 Å². The number of amides is 2. The van der Waals surface area contributed by atoms with Crippen LogP contribution in [-0.2, 0) is 20.9 Å². The van der Waals surface area contributed by atoms with Crippen LogP contribution in [0, 0.1) is 11.8 Å². The zero-order valence-corrected chi connectivity index (χ0v) is 16.6. The van der Waals surface area contributed by atoms with Gasteiger partial charge in [-0.25, -0.2) is 0 Å². The molecule has 0 spiro atoms. The van der Waals surface area contributed by atoms with Crippen molar-refractivity contribution < 1.29 is 34.7 Å². The standard InChI is InChI=1S/C22H22N2O6/c1-22(21(28)29)17-16(18(23-22)14-9-8-13(30-2)10-15(14)25)19(26)24(20(17)27)11-12-6-4-3-5-7-12/h3-10,16-18,23,25H,11H2,1-2H3,(H,28,29)/t16-,17+,18-,22-/m0/s1. The molecular formula is C22H22N2O6. The van der Waals surface area contributed by atoms with Gasteiger partial charge in [-0.1, -0.05) is 30.3 Å². The predicted octanol–water partition coefficient (Wildman–Crippen LogP) is -0.671. The summed E-state index contributed by atoms with van der Waals surface area (Å²) in [4.78, 5) is 39.6. The van der Waals surface area contributed by atoms with Crippen LogP contribution in [0.5, 0.6) is 11.5 Å². The van der Waals surface area contributed by atoms with Gasteiger partial charge in [0.1, 0.15) is 40.9 Å². The second kappa shape index (κ2) is 7.14. The number of imide groups is 1. The van der Waals surface area contributed by atoms with Crippen molar-refractivity contribution in [2.45, 2.75) is 25.0 Å². The molecule has 0 aromatic heterocycles. The molecule has 2 heterocycles. The first-order chi connectivity index (χ1) is 14.3. The number of phenolic OH excluding ortho intramolecular Hbond substituents is 1. The highest BCUT2D eigenvalue weighted by atomic mass is 16.5. The van der Waals surface area contributed by atoms with E-state index in [1.165, 1.54) is 25.4 Å². The molecule has 3 N–H and O–H groups in total. The van der Waals surface area contributed by atoms with E-state index < -0.39 is 41.2 Å². The normalized spacial score (nSPS) is 27.9. The Morgan fingerprint density at radius 1 is 1.20 bits per heavy atom. The van der Waals surface area contributed by atoms with E-state index in [-0.39, 0.29) is 12.3 Å². The molecule has 0 bridgehead atoms. The highest BCUT2D eigenvalue weighted by molar-refractivity contribution is 6.08. The average molecular weight is 410 g/mol. The van der Waals surface area contributed by atoms with Crippen LogP contribution in [-0.4, -0.2) is 40.4 Å². The van der Waals surface area contributed by atoms with Crippen LogP contribution in [0.25, 0.3) is 0 Å². The summed E-state index contributed by atoms with van der Waals surface area (Å²) in [7, 11) is 1.46. The highest BCUT2D eigenvalue weighted by Crippen LogP contribution is 2.46. The molecular weight excluding hydrogens is 388 g/mol. The van der Waals surface area contributed by atoms with Crippen LogP contribution >= 0.6 is 0 Å². The number of phenols is 1. The zero-order valence-electron chi connectivity index (χ0n) is 16.6. The number of benzene rings is 2. The maximum atomic E-state index is 13.3. The lowest BCUT2D eigenvalue weighted by atomic mass is 9.80. The molecule has 2 aliphatic rings. The van der Waals surface area contributed by atoms with E-state index in [2.05, 4.69) is 0 Å². The van der Waals surface area contributed by atoms with Gasteiger partial charge in [-0.2, -0.15) is 0 Å². The van der Waals surface area contributed by atoms with Crippen LogP contribution in [0.4, 0.5) is 0 Å². The molecule has 2 aromatic carbocycles. The number of likely N-dealkylation sites (tertiary alicyclic amines) is 1. The van der Waals surface area contributed by atoms with Crippen LogP contribution < -0.4 is 15.2 Å². The van der Waals surface area contributed by atoms with Crippen molar-refractivity contribution in [2.75, 3.05) is 7.11 Å². The molecule has 0 unspecified atom stereocenters. The van der Waals surface area contributed by atoms with Crippen molar-refractivity contribution in [1.29, 1.82) is 0 Å². The zero-order chi connectivity index (χ0) is 21.6. The van der Waals surface area contributed by atoms with Crippen LogP contribution in [0.3, 0.4) is 0 Å². The van der Waals surface area contributed by atoms with Gasteiger partial charge in [-0.05, 0) is 24.6 Å². The van der Waals surface area contributed by atoms with Gasteiger partial charge in [0.05, 0.1) is 19.2 Å². The third kappa shape index (κ3) is 2.91. The Kier molecular flexibility index (Phi) is 4.74. The monoisotopic (exact) mass is 410 g/mol. The van der Waals surface area contributed by atoms with Crippen LogP contribution in [0.2, 0.25) is 0 Å². The summed E-state index contributed by atoms with van der Waals surface area (Å²) in [5.41, 5.74) is -0.500. The molecule has 0 saturated carbocycles. The summed E-state index contributed by atoms with van der Waals surface area (Å²) in [5, 5.41) is 24.0. The number of ether oxygens (including phenoxy) is 1. The number of methoxy groups -OCH3 is 1. The first-order valence-corrected chi connectivity index (χ1v) is 9.61. The Labute approximate surface area is 173 Å². The molecule has 30 heavy (non-hydrogen) atoms. The number of aliphatic carboxylic acids is 1. The Morgan fingerprint density at radius 3 is 2.50 bits per heavy atom. The van der Waals surface area contributed by atoms with Crippen molar-refractivity contribution in [3.05, 3.63) is 59.7 Å². The molecule has 0 radical (unpaired) electrons. The largest absolute Gasteiger partial charge is 0.544 e. The number of aromatic hydroxyl groups is 1. The van der Waals surface area contributed by atoms with Gasteiger partial charge >= 0.3 is 0 Å². The predicted molar refractivity (Wildman–Crippen MR) is 102 cm³/mol. The van der Waals surface area contributed by atoms with Gasteiger partial charge in [-0.15, -0.1) is 0 Å². The summed E-state index contributed by atoms with van der Waals surface area (Å²) in [6.45, 7) is 1.47. The number of fused-ring (bicyclic) bond motifs is 1. The fraction of sp³-hybridized carbons (Fsp3) is 0.318. The topological polar surface area (TPSA) is 124 Å². The fourth-order valence-corrected chi connectivity index (χ4v) is 4.66. The third-order valence-corrected chi connectivity index (χ3v) is 6.22. The summed E-state index contributed by atoms with van der Waals surface area (Å²) in [6.07, 6.45) is 0. The number of quaternary nitrogens is 1. The molecule has 2 amide bonds. The van der Waals surface area contributed by atoms with Crippen LogP contribution in [0.15, 0.2) is 48.5 Å². The van der Waals surface area contributed by atoms with Gasteiger partial charge in [0.25, 0.3) is 0 Å². The number of rotatable bonds is 5. The summed E-state index contributed by atoms with van der Waals surface area (Å²) in [5.74, 6) is -4.13.